The van der Waals surface area contributed by atoms with E-state index in [9.17, 15) is 18.0 Å². The lowest BCUT2D eigenvalue weighted by Gasteiger charge is -2.11. The minimum absolute atomic E-state index is 0.228. The average Bonchev–Trinajstić information content (AvgIpc) is 3.34. The van der Waals surface area contributed by atoms with Crippen molar-refractivity contribution < 1.29 is 18.0 Å². The van der Waals surface area contributed by atoms with E-state index in [1.54, 1.807) is 13.0 Å². The first-order valence-electron chi connectivity index (χ1n) is 11.4. The molecule has 0 atom stereocenters. The Bertz CT molecular complexity index is 1390. The molecule has 180 valence electrons. The highest BCUT2D eigenvalue weighted by Crippen LogP contribution is 2.31. The van der Waals surface area contributed by atoms with Crippen LogP contribution in [-0.4, -0.2) is 30.5 Å². The summed E-state index contributed by atoms with van der Waals surface area (Å²) in [5, 5.41) is 15.7. The van der Waals surface area contributed by atoms with Crippen LogP contribution in [0.1, 0.15) is 46.7 Å². The largest absolute Gasteiger partial charge is 0.416 e. The van der Waals surface area contributed by atoms with Crippen molar-refractivity contribution in [1.29, 1.82) is 0 Å². The van der Waals surface area contributed by atoms with Gasteiger partial charge in [0.05, 0.1) is 28.7 Å². The molecule has 3 heterocycles. The average molecular weight is 480 g/mol. The van der Waals surface area contributed by atoms with Gasteiger partial charge in [-0.2, -0.15) is 18.3 Å². The number of amides is 1. The number of halogens is 3. The van der Waals surface area contributed by atoms with Crippen LogP contribution in [0.2, 0.25) is 0 Å². The molecule has 0 unspecified atom stereocenters. The number of aromatic nitrogens is 5. The van der Waals surface area contributed by atoms with Crippen molar-refractivity contribution in [2.75, 3.05) is 5.32 Å². The molecule has 35 heavy (non-hydrogen) atoms. The third-order valence-electron chi connectivity index (χ3n) is 6.16. The summed E-state index contributed by atoms with van der Waals surface area (Å²) in [5.74, 6) is 1.34. The summed E-state index contributed by atoms with van der Waals surface area (Å²) >= 11 is 0. The highest BCUT2D eigenvalue weighted by atomic mass is 19.4. The maximum Gasteiger partial charge on any atom is 0.416 e. The normalized spacial score (nSPS) is 13.8. The number of aryl methyl sites for hydroxylation is 1. The van der Waals surface area contributed by atoms with Gasteiger partial charge < -0.3 is 9.88 Å². The first-order chi connectivity index (χ1) is 16.8. The van der Waals surface area contributed by atoms with E-state index < -0.39 is 17.6 Å². The lowest BCUT2D eigenvalue weighted by atomic mass is 10.1. The molecule has 0 saturated carbocycles. The van der Waals surface area contributed by atoms with E-state index in [0.29, 0.717) is 11.4 Å². The number of hydrogen-bond acceptors (Lipinski definition) is 4. The molecule has 10 heteroatoms. The molecule has 2 aromatic heterocycles. The number of nitrogens with one attached hydrogen (secondary N) is 1. The fraction of sp³-hybridized carbons (Fsp3) is 0.280. The highest BCUT2D eigenvalue weighted by Gasteiger charge is 2.30. The van der Waals surface area contributed by atoms with Gasteiger partial charge in [-0.15, -0.1) is 10.2 Å². The molecule has 0 radical (unpaired) electrons. The summed E-state index contributed by atoms with van der Waals surface area (Å²) in [6.07, 6.45) is 1.12. The van der Waals surface area contributed by atoms with Crippen molar-refractivity contribution >= 4 is 11.6 Å². The predicted molar refractivity (Wildman–Crippen MR) is 124 cm³/mol. The molecule has 0 spiro atoms. The second-order valence-corrected chi connectivity index (χ2v) is 8.54. The Morgan fingerprint density at radius 3 is 2.69 bits per heavy atom. The SMILES string of the molecule is Cc1c(C(=O)Nc2cccc(-c3nnc4n3CCCCC4)c2)cnn1-c1cccc(C(F)(F)F)c1. The first-order valence-corrected chi connectivity index (χ1v) is 11.4. The zero-order chi connectivity index (χ0) is 24.6. The van der Waals surface area contributed by atoms with Crippen molar-refractivity contribution in [2.45, 2.75) is 45.3 Å². The lowest BCUT2D eigenvalue weighted by molar-refractivity contribution is -0.137. The lowest BCUT2D eigenvalue weighted by Crippen LogP contribution is -2.13. The third-order valence-corrected chi connectivity index (χ3v) is 6.16. The molecule has 2 aromatic carbocycles. The second kappa shape index (κ2) is 9.01. The van der Waals surface area contributed by atoms with E-state index in [1.807, 2.05) is 18.2 Å². The van der Waals surface area contributed by atoms with Crippen LogP contribution in [0, 0.1) is 6.92 Å². The quantitative estimate of drug-likeness (QED) is 0.422. The third kappa shape index (κ3) is 4.55. The number of carbonyl (C=O) groups excluding carboxylic acids is 1. The summed E-state index contributed by atoms with van der Waals surface area (Å²) in [7, 11) is 0. The number of benzene rings is 2. The van der Waals surface area contributed by atoms with Crippen LogP contribution in [0.3, 0.4) is 0 Å². The first kappa shape index (κ1) is 22.8. The molecule has 1 N–H and O–H groups in total. The molecule has 4 aromatic rings. The molecule has 0 aliphatic carbocycles. The van der Waals surface area contributed by atoms with Crippen LogP contribution >= 0.6 is 0 Å². The van der Waals surface area contributed by atoms with Crippen molar-refractivity contribution in [2.24, 2.45) is 0 Å². The maximum absolute atomic E-state index is 13.1. The van der Waals surface area contributed by atoms with Crippen LogP contribution in [-0.2, 0) is 19.1 Å². The summed E-state index contributed by atoms with van der Waals surface area (Å²) in [5.41, 5.74) is 1.57. The maximum atomic E-state index is 13.1. The monoisotopic (exact) mass is 480 g/mol. The van der Waals surface area contributed by atoms with Gasteiger partial charge in [-0.3, -0.25) is 4.79 Å². The van der Waals surface area contributed by atoms with E-state index in [0.717, 1.165) is 61.6 Å². The number of rotatable bonds is 4. The minimum atomic E-state index is -4.47. The van der Waals surface area contributed by atoms with E-state index in [-0.39, 0.29) is 11.3 Å². The van der Waals surface area contributed by atoms with Gasteiger partial charge in [0.1, 0.15) is 5.82 Å². The molecule has 0 fully saturated rings. The van der Waals surface area contributed by atoms with Crippen LogP contribution < -0.4 is 5.32 Å². The van der Waals surface area contributed by atoms with Crippen LogP contribution in [0.15, 0.2) is 54.7 Å². The minimum Gasteiger partial charge on any atom is -0.322 e. The number of alkyl halides is 3. The Labute approximate surface area is 199 Å². The number of anilines is 1. The summed E-state index contributed by atoms with van der Waals surface area (Å²) in [6.45, 7) is 2.51. The zero-order valence-corrected chi connectivity index (χ0v) is 19.0. The standard InChI is InChI=1S/C25H23F3N6O/c1-16-21(15-29-34(16)20-10-6-8-18(14-20)25(26,27)28)24(35)30-19-9-5-7-17(13-19)23-32-31-22-11-3-2-4-12-33(22)23/h5-10,13-15H,2-4,11-12H2,1H3,(H,30,35). The number of carbonyl (C=O) groups is 1. The number of hydrogen-bond donors (Lipinski definition) is 1. The molecule has 1 amide bonds. The molecular formula is C25H23F3N6O. The fourth-order valence-electron chi connectivity index (χ4n) is 4.34. The molecule has 0 bridgehead atoms. The van der Waals surface area contributed by atoms with E-state index >= 15 is 0 Å². The highest BCUT2D eigenvalue weighted by molar-refractivity contribution is 6.05. The van der Waals surface area contributed by atoms with Gasteiger partial charge in [0.2, 0.25) is 0 Å². The summed E-state index contributed by atoms with van der Waals surface area (Å²) in [6, 6.07) is 12.2. The second-order valence-electron chi connectivity index (χ2n) is 8.54. The van der Waals surface area contributed by atoms with E-state index in [2.05, 4.69) is 25.2 Å². The molecule has 1 aliphatic heterocycles. The molecule has 7 nitrogen and oxygen atoms in total. The van der Waals surface area contributed by atoms with Crippen molar-refractivity contribution in [3.63, 3.8) is 0 Å². The summed E-state index contributed by atoms with van der Waals surface area (Å²) < 4.78 is 42.8. The Morgan fingerprint density at radius 2 is 1.86 bits per heavy atom. The van der Waals surface area contributed by atoms with Gasteiger partial charge in [-0.05, 0) is 50.1 Å². The van der Waals surface area contributed by atoms with Gasteiger partial charge in [0.15, 0.2) is 5.82 Å². The van der Waals surface area contributed by atoms with E-state index in [4.69, 9.17) is 0 Å². The zero-order valence-electron chi connectivity index (χ0n) is 19.0. The predicted octanol–water partition coefficient (Wildman–Crippen LogP) is 5.44. The van der Waals surface area contributed by atoms with Crippen LogP contribution in [0.5, 0.6) is 0 Å². The molecule has 5 rings (SSSR count). The van der Waals surface area contributed by atoms with Gasteiger partial charge in [0.25, 0.3) is 5.91 Å². The topological polar surface area (TPSA) is 77.6 Å². The van der Waals surface area contributed by atoms with Crippen molar-refractivity contribution in [3.05, 3.63) is 77.4 Å². The Kier molecular flexibility index (Phi) is 5.88. The van der Waals surface area contributed by atoms with Crippen molar-refractivity contribution in [1.82, 2.24) is 24.5 Å². The van der Waals surface area contributed by atoms with Crippen molar-refractivity contribution in [3.8, 4) is 17.1 Å². The van der Waals surface area contributed by atoms with E-state index in [1.165, 1.54) is 23.0 Å². The summed E-state index contributed by atoms with van der Waals surface area (Å²) in [4.78, 5) is 13.0. The van der Waals surface area contributed by atoms with Crippen LogP contribution in [0.4, 0.5) is 18.9 Å². The Hall–Kier alpha value is -3.95. The van der Waals surface area contributed by atoms with Crippen LogP contribution in [0.25, 0.3) is 17.1 Å². The molecule has 1 aliphatic rings. The van der Waals surface area contributed by atoms with Gasteiger partial charge in [-0.25, -0.2) is 4.68 Å². The molecular weight excluding hydrogens is 457 g/mol. The Balaban J connectivity index is 1.38. The number of fused-ring (bicyclic) bond motifs is 1. The Morgan fingerprint density at radius 1 is 1.03 bits per heavy atom. The van der Waals surface area contributed by atoms with Gasteiger partial charge >= 0.3 is 6.18 Å². The molecule has 0 saturated heterocycles. The fourth-order valence-corrected chi connectivity index (χ4v) is 4.34. The smallest absolute Gasteiger partial charge is 0.322 e. The van der Waals surface area contributed by atoms with Gasteiger partial charge in [-0.1, -0.05) is 24.6 Å². The number of nitrogens with zero attached hydrogens (tertiary/aromatic N) is 5. The van der Waals surface area contributed by atoms with Gasteiger partial charge in [0, 0.05) is 24.2 Å².